The number of amidine groups is 1. The van der Waals surface area contributed by atoms with E-state index in [2.05, 4.69) is 10.4 Å². The average molecular weight is 309 g/mol. The first-order chi connectivity index (χ1) is 11.2. The Balaban J connectivity index is 1.78. The Morgan fingerprint density at radius 1 is 1.13 bits per heavy atom. The van der Waals surface area contributed by atoms with Crippen LogP contribution in [0.2, 0.25) is 0 Å². The molecule has 0 saturated heterocycles. The first-order valence-electron chi connectivity index (χ1n) is 7.09. The minimum absolute atomic E-state index is 0.0514. The molecule has 0 bridgehead atoms. The van der Waals surface area contributed by atoms with Gasteiger partial charge in [0.15, 0.2) is 0 Å². The number of nitrogens with one attached hydrogen (secondary N) is 1. The Kier molecular flexibility index (Phi) is 4.05. The van der Waals surface area contributed by atoms with Gasteiger partial charge in [0.2, 0.25) is 0 Å². The summed E-state index contributed by atoms with van der Waals surface area (Å²) >= 11 is 0. The standard InChI is InChI=1S/C17H15N3O3/c1-23-14-10-6-5-9-13(14)17(22)18-15-11-16(21)20(19-15)12-7-3-2-4-8-12/h2-10H,11H2,1H3,(H,18,19,22). The molecule has 2 amide bonds. The van der Waals surface area contributed by atoms with Crippen molar-refractivity contribution in [3.63, 3.8) is 0 Å². The highest BCUT2D eigenvalue weighted by atomic mass is 16.5. The Morgan fingerprint density at radius 3 is 2.57 bits per heavy atom. The van der Waals surface area contributed by atoms with E-state index in [9.17, 15) is 9.59 Å². The number of ether oxygens (including phenoxy) is 1. The highest BCUT2D eigenvalue weighted by molar-refractivity contribution is 6.18. The summed E-state index contributed by atoms with van der Waals surface area (Å²) in [6, 6.07) is 16.0. The minimum Gasteiger partial charge on any atom is -0.496 e. The summed E-state index contributed by atoms with van der Waals surface area (Å²) in [5.74, 6) is 0.236. The van der Waals surface area contributed by atoms with E-state index in [4.69, 9.17) is 4.74 Å². The molecular weight excluding hydrogens is 294 g/mol. The number of amides is 2. The van der Waals surface area contributed by atoms with Crippen molar-refractivity contribution in [1.82, 2.24) is 5.32 Å². The van der Waals surface area contributed by atoms with Gasteiger partial charge in [-0.1, -0.05) is 30.3 Å². The van der Waals surface area contributed by atoms with E-state index in [1.165, 1.54) is 12.1 Å². The molecule has 0 aliphatic carbocycles. The molecule has 0 atom stereocenters. The van der Waals surface area contributed by atoms with Gasteiger partial charge >= 0.3 is 0 Å². The monoisotopic (exact) mass is 309 g/mol. The van der Waals surface area contributed by atoms with Gasteiger partial charge in [-0.05, 0) is 24.3 Å². The predicted molar refractivity (Wildman–Crippen MR) is 86.4 cm³/mol. The molecule has 6 nitrogen and oxygen atoms in total. The van der Waals surface area contributed by atoms with Gasteiger partial charge in [-0.2, -0.15) is 10.1 Å². The Hall–Kier alpha value is -3.15. The van der Waals surface area contributed by atoms with Crippen LogP contribution < -0.4 is 15.1 Å². The van der Waals surface area contributed by atoms with Crippen molar-refractivity contribution in [3.05, 3.63) is 60.2 Å². The molecule has 1 aliphatic rings. The van der Waals surface area contributed by atoms with Crippen LogP contribution >= 0.6 is 0 Å². The van der Waals surface area contributed by atoms with Crippen LogP contribution in [0.4, 0.5) is 5.69 Å². The van der Waals surface area contributed by atoms with Gasteiger partial charge < -0.3 is 10.1 Å². The SMILES string of the molecule is COc1ccccc1C(=O)NC1=NN(c2ccccc2)C(=O)C1. The second-order valence-corrected chi connectivity index (χ2v) is 4.92. The minimum atomic E-state index is -0.357. The van der Waals surface area contributed by atoms with Crippen LogP contribution in [0.1, 0.15) is 16.8 Å². The molecule has 0 radical (unpaired) electrons. The summed E-state index contributed by atoms with van der Waals surface area (Å²) in [5, 5.41) is 8.15. The van der Waals surface area contributed by atoms with Gasteiger partial charge in [-0.3, -0.25) is 9.59 Å². The van der Waals surface area contributed by atoms with E-state index >= 15 is 0 Å². The van der Waals surface area contributed by atoms with Crippen LogP contribution in [0, 0.1) is 0 Å². The molecule has 0 unspecified atom stereocenters. The lowest BCUT2D eigenvalue weighted by Gasteiger charge is -2.10. The summed E-state index contributed by atoms with van der Waals surface area (Å²) in [4.78, 5) is 24.4. The van der Waals surface area contributed by atoms with Crippen LogP contribution in [0.5, 0.6) is 5.75 Å². The number of hydrogen-bond acceptors (Lipinski definition) is 4. The highest BCUT2D eigenvalue weighted by Crippen LogP contribution is 2.20. The van der Waals surface area contributed by atoms with Gasteiger partial charge in [0, 0.05) is 0 Å². The van der Waals surface area contributed by atoms with E-state index in [1.807, 2.05) is 18.2 Å². The number of nitrogens with zero attached hydrogens (tertiary/aromatic N) is 2. The fraction of sp³-hybridized carbons (Fsp3) is 0.118. The molecule has 0 saturated carbocycles. The van der Waals surface area contributed by atoms with Crippen LogP contribution in [0.25, 0.3) is 0 Å². The molecular formula is C17H15N3O3. The smallest absolute Gasteiger partial charge is 0.260 e. The number of hydrazone groups is 1. The number of carbonyl (C=O) groups is 2. The lowest BCUT2D eigenvalue weighted by molar-refractivity contribution is -0.116. The van der Waals surface area contributed by atoms with Gasteiger partial charge in [-0.15, -0.1) is 0 Å². The summed E-state index contributed by atoms with van der Waals surface area (Å²) in [6.45, 7) is 0. The molecule has 116 valence electrons. The number of para-hydroxylation sites is 2. The molecule has 1 heterocycles. The van der Waals surface area contributed by atoms with Gasteiger partial charge in [0.1, 0.15) is 11.6 Å². The fourth-order valence-electron chi connectivity index (χ4n) is 2.30. The third kappa shape index (κ3) is 3.06. The van der Waals surface area contributed by atoms with Crippen molar-refractivity contribution in [2.75, 3.05) is 12.1 Å². The zero-order valence-corrected chi connectivity index (χ0v) is 12.5. The van der Waals surface area contributed by atoms with Crippen LogP contribution in [-0.2, 0) is 4.79 Å². The second kappa shape index (κ2) is 6.31. The fourth-order valence-corrected chi connectivity index (χ4v) is 2.30. The van der Waals surface area contributed by atoms with Crippen molar-refractivity contribution in [2.24, 2.45) is 5.10 Å². The van der Waals surface area contributed by atoms with E-state index in [0.717, 1.165) is 0 Å². The first-order valence-corrected chi connectivity index (χ1v) is 7.09. The maximum absolute atomic E-state index is 12.3. The zero-order chi connectivity index (χ0) is 16.2. The number of hydrogen-bond donors (Lipinski definition) is 1. The molecule has 1 aliphatic heterocycles. The number of rotatable bonds is 3. The second-order valence-electron chi connectivity index (χ2n) is 4.92. The molecule has 0 fully saturated rings. The van der Waals surface area contributed by atoms with E-state index in [-0.39, 0.29) is 18.2 Å². The molecule has 2 aromatic carbocycles. The third-order valence-electron chi connectivity index (χ3n) is 3.39. The van der Waals surface area contributed by atoms with Crippen molar-refractivity contribution < 1.29 is 14.3 Å². The van der Waals surface area contributed by atoms with Crippen LogP contribution in [0.3, 0.4) is 0 Å². The van der Waals surface area contributed by atoms with E-state index < -0.39 is 0 Å². The number of carbonyl (C=O) groups excluding carboxylic acids is 2. The quantitative estimate of drug-likeness (QED) is 0.944. The molecule has 3 rings (SSSR count). The normalized spacial score (nSPS) is 13.7. The molecule has 1 N–H and O–H groups in total. The first kappa shape index (κ1) is 14.8. The van der Waals surface area contributed by atoms with Crippen molar-refractivity contribution in [3.8, 4) is 5.75 Å². The van der Waals surface area contributed by atoms with Gasteiger partial charge in [0.05, 0.1) is 24.8 Å². The number of anilines is 1. The lowest BCUT2D eigenvalue weighted by atomic mass is 10.2. The topological polar surface area (TPSA) is 71.0 Å². The molecule has 0 aromatic heterocycles. The maximum Gasteiger partial charge on any atom is 0.260 e. The van der Waals surface area contributed by atoms with Gasteiger partial charge in [-0.25, -0.2) is 0 Å². The van der Waals surface area contributed by atoms with Crippen molar-refractivity contribution in [2.45, 2.75) is 6.42 Å². The summed E-state index contributed by atoms with van der Waals surface area (Å²) in [6.07, 6.45) is 0.0514. The third-order valence-corrected chi connectivity index (χ3v) is 3.39. The lowest BCUT2D eigenvalue weighted by Crippen LogP contribution is -2.30. The maximum atomic E-state index is 12.3. The molecule has 2 aromatic rings. The van der Waals surface area contributed by atoms with Crippen molar-refractivity contribution in [1.29, 1.82) is 0 Å². The Morgan fingerprint density at radius 2 is 1.83 bits per heavy atom. The molecule has 0 spiro atoms. The Labute approximate surface area is 133 Å². The molecule has 6 heteroatoms. The summed E-state index contributed by atoms with van der Waals surface area (Å²) in [7, 11) is 1.50. The van der Waals surface area contributed by atoms with Gasteiger partial charge in [0.25, 0.3) is 11.8 Å². The largest absolute Gasteiger partial charge is 0.496 e. The van der Waals surface area contributed by atoms with Crippen LogP contribution in [-0.4, -0.2) is 24.8 Å². The number of benzene rings is 2. The van der Waals surface area contributed by atoms with E-state index in [0.29, 0.717) is 22.8 Å². The van der Waals surface area contributed by atoms with E-state index in [1.54, 1.807) is 36.4 Å². The zero-order valence-electron chi connectivity index (χ0n) is 12.5. The van der Waals surface area contributed by atoms with Crippen LogP contribution in [0.15, 0.2) is 59.7 Å². The number of methoxy groups -OCH3 is 1. The highest BCUT2D eigenvalue weighted by Gasteiger charge is 2.27. The van der Waals surface area contributed by atoms with Crippen molar-refractivity contribution >= 4 is 23.3 Å². The average Bonchev–Trinajstić information content (AvgIpc) is 2.95. The summed E-state index contributed by atoms with van der Waals surface area (Å²) < 4.78 is 5.16. The molecule has 23 heavy (non-hydrogen) atoms. The Bertz CT molecular complexity index is 772. The predicted octanol–water partition coefficient (Wildman–Crippen LogP) is 2.18. The summed E-state index contributed by atoms with van der Waals surface area (Å²) in [5.41, 5.74) is 1.06.